The number of aryl methyl sites for hydroxylation is 4. The number of nitrogens with two attached hydrogens (primary N) is 1. The molecule has 0 saturated heterocycles. The van der Waals surface area contributed by atoms with E-state index in [1.54, 1.807) is 6.92 Å². The number of rotatable bonds is 5. The van der Waals surface area contributed by atoms with Gasteiger partial charge < -0.3 is 11.1 Å². The Morgan fingerprint density at radius 1 is 1.25 bits per heavy atom. The summed E-state index contributed by atoms with van der Waals surface area (Å²) < 4.78 is 4.18. The van der Waals surface area contributed by atoms with Crippen LogP contribution in [-0.4, -0.2) is 22.5 Å². The summed E-state index contributed by atoms with van der Waals surface area (Å²) in [6.45, 7) is 9.93. The number of carbonyl (C=O) groups is 1. The second-order valence-corrected chi connectivity index (χ2v) is 6.67. The van der Waals surface area contributed by atoms with Gasteiger partial charge in [0.1, 0.15) is 5.00 Å². The van der Waals surface area contributed by atoms with E-state index in [-0.39, 0.29) is 12.5 Å². The van der Waals surface area contributed by atoms with Gasteiger partial charge in [-0.05, 0) is 57.3 Å². The van der Waals surface area contributed by atoms with Crippen molar-refractivity contribution in [1.82, 2.24) is 9.80 Å². The van der Waals surface area contributed by atoms with Gasteiger partial charge in [-0.15, -0.1) is 0 Å². The first-order chi connectivity index (χ1) is 11.3. The van der Waals surface area contributed by atoms with Crippen LogP contribution in [0.1, 0.15) is 34.9 Å². The van der Waals surface area contributed by atoms with Gasteiger partial charge in [0.2, 0.25) is 0 Å². The Hall–Kier alpha value is -2.41. The third-order valence-corrected chi connectivity index (χ3v) is 4.47. The van der Waals surface area contributed by atoms with Crippen LogP contribution in [-0.2, 0) is 4.79 Å². The Morgan fingerprint density at radius 2 is 1.88 bits per heavy atom. The van der Waals surface area contributed by atoms with E-state index < -0.39 is 0 Å². The highest BCUT2D eigenvalue weighted by atomic mass is 32.1. The lowest BCUT2D eigenvalue weighted by Crippen LogP contribution is -2.27. The standard InChI is InChI=1S/C17H23N5OS/c1-9-6-10(2)16(11(3)7-9)19-8-14(23)21-20-12(4)15-13(5)22-24-17(15)18/h6-7,19H,8,18H2,1-5H3,(H,21,23)/b20-12-. The van der Waals surface area contributed by atoms with E-state index in [9.17, 15) is 4.79 Å². The van der Waals surface area contributed by atoms with Gasteiger partial charge in [0.05, 0.1) is 23.5 Å². The zero-order chi connectivity index (χ0) is 17.9. The van der Waals surface area contributed by atoms with E-state index in [1.807, 2.05) is 20.8 Å². The smallest absolute Gasteiger partial charge is 0.259 e. The number of carbonyl (C=O) groups excluding carboxylic acids is 1. The van der Waals surface area contributed by atoms with Gasteiger partial charge >= 0.3 is 0 Å². The zero-order valence-electron chi connectivity index (χ0n) is 14.7. The van der Waals surface area contributed by atoms with Crippen molar-refractivity contribution in [2.24, 2.45) is 5.10 Å². The predicted molar refractivity (Wildman–Crippen MR) is 101 cm³/mol. The molecule has 2 rings (SSSR count). The molecule has 128 valence electrons. The lowest BCUT2D eigenvalue weighted by molar-refractivity contribution is -0.119. The maximum Gasteiger partial charge on any atom is 0.259 e. The third kappa shape index (κ3) is 4.11. The molecule has 1 amide bonds. The summed E-state index contributed by atoms with van der Waals surface area (Å²) in [6.07, 6.45) is 0. The predicted octanol–water partition coefficient (Wildman–Crippen LogP) is 2.91. The van der Waals surface area contributed by atoms with Gasteiger partial charge in [-0.2, -0.15) is 9.47 Å². The highest BCUT2D eigenvalue weighted by Crippen LogP contribution is 2.22. The van der Waals surface area contributed by atoms with Crippen LogP contribution >= 0.6 is 11.5 Å². The first-order valence-corrected chi connectivity index (χ1v) is 8.44. The molecule has 7 heteroatoms. The molecular weight excluding hydrogens is 322 g/mol. The molecule has 4 N–H and O–H groups in total. The van der Waals surface area contributed by atoms with Crippen molar-refractivity contribution < 1.29 is 4.79 Å². The van der Waals surface area contributed by atoms with E-state index in [4.69, 9.17) is 5.73 Å². The molecule has 0 saturated carbocycles. The van der Waals surface area contributed by atoms with Crippen LogP contribution in [0.5, 0.6) is 0 Å². The lowest BCUT2D eigenvalue weighted by atomic mass is 10.1. The number of nitrogens with one attached hydrogen (secondary N) is 2. The SMILES string of the molecule is C/C(=N/NC(=O)CNc1c(C)cc(C)cc1C)c1c(C)nsc1N. The Labute approximate surface area is 146 Å². The van der Waals surface area contributed by atoms with Crippen LogP contribution in [0.2, 0.25) is 0 Å². The van der Waals surface area contributed by atoms with Gasteiger partial charge in [-0.3, -0.25) is 4.79 Å². The molecule has 1 aromatic carbocycles. The summed E-state index contributed by atoms with van der Waals surface area (Å²) in [5, 5.41) is 7.90. The Kier molecular flexibility index (Phi) is 5.56. The van der Waals surface area contributed by atoms with Crippen LogP contribution in [0.3, 0.4) is 0 Å². The number of aromatic nitrogens is 1. The van der Waals surface area contributed by atoms with Crippen LogP contribution in [0.15, 0.2) is 17.2 Å². The van der Waals surface area contributed by atoms with Gasteiger partial charge in [-0.1, -0.05) is 17.7 Å². The average Bonchev–Trinajstić information content (AvgIpc) is 2.82. The quantitative estimate of drug-likeness (QED) is 0.574. The molecule has 2 aromatic rings. The van der Waals surface area contributed by atoms with Gasteiger partial charge in [-0.25, -0.2) is 5.43 Å². The molecular formula is C17H23N5OS. The summed E-state index contributed by atoms with van der Waals surface area (Å²) in [5.74, 6) is -0.215. The van der Waals surface area contributed by atoms with Crippen molar-refractivity contribution in [1.29, 1.82) is 0 Å². The van der Waals surface area contributed by atoms with Crippen LogP contribution in [0, 0.1) is 27.7 Å². The molecule has 0 spiro atoms. The summed E-state index contributed by atoms with van der Waals surface area (Å²) in [4.78, 5) is 12.0. The second kappa shape index (κ2) is 7.44. The maximum atomic E-state index is 12.0. The zero-order valence-corrected chi connectivity index (χ0v) is 15.5. The number of nitrogen functional groups attached to an aromatic ring is 1. The fourth-order valence-electron chi connectivity index (χ4n) is 2.70. The molecule has 1 heterocycles. The minimum Gasteiger partial charge on any atom is -0.389 e. The molecule has 0 aliphatic carbocycles. The highest BCUT2D eigenvalue weighted by molar-refractivity contribution is 7.10. The molecule has 0 radical (unpaired) electrons. The highest BCUT2D eigenvalue weighted by Gasteiger charge is 2.11. The fourth-order valence-corrected chi connectivity index (χ4v) is 3.41. The molecule has 24 heavy (non-hydrogen) atoms. The van der Waals surface area contributed by atoms with Crippen molar-refractivity contribution >= 4 is 33.8 Å². The van der Waals surface area contributed by atoms with E-state index in [0.717, 1.165) is 28.1 Å². The summed E-state index contributed by atoms with van der Waals surface area (Å²) >= 11 is 1.23. The molecule has 0 fully saturated rings. The van der Waals surface area contributed by atoms with E-state index in [1.165, 1.54) is 17.1 Å². The molecule has 0 aliphatic rings. The summed E-state index contributed by atoms with van der Waals surface area (Å²) in [7, 11) is 0. The minimum atomic E-state index is -0.215. The van der Waals surface area contributed by atoms with Crippen molar-refractivity contribution in [3.05, 3.63) is 40.1 Å². The van der Waals surface area contributed by atoms with Crippen LogP contribution < -0.4 is 16.5 Å². The molecule has 0 atom stereocenters. The monoisotopic (exact) mass is 345 g/mol. The second-order valence-electron chi connectivity index (χ2n) is 5.87. The number of anilines is 2. The Morgan fingerprint density at radius 3 is 2.42 bits per heavy atom. The summed E-state index contributed by atoms with van der Waals surface area (Å²) in [5.41, 5.74) is 15.1. The largest absolute Gasteiger partial charge is 0.389 e. The van der Waals surface area contributed by atoms with Gasteiger partial charge in [0, 0.05) is 5.69 Å². The third-order valence-electron chi connectivity index (χ3n) is 3.70. The minimum absolute atomic E-state index is 0.151. The maximum absolute atomic E-state index is 12.0. The van der Waals surface area contributed by atoms with Gasteiger partial charge in [0.15, 0.2) is 0 Å². The molecule has 1 aromatic heterocycles. The van der Waals surface area contributed by atoms with Crippen molar-refractivity contribution in [3.8, 4) is 0 Å². The normalized spacial score (nSPS) is 11.5. The van der Waals surface area contributed by atoms with E-state index in [2.05, 4.69) is 39.3 Å². The first-order valence-electron chi connectivity index (χ1n) is 7.66. The average molecular weight is 345 g/mol. The van der Waals surface area contributed by atoms with Crippen molar-refractivity contribution in [3.63, 3.8) is 0 Å². The molecule has 6 nitrogen and oxygen atoms in total. The van der Waals surface area contributed by atoms with E-state index in [0.29, 0.717) is 10.7 Å². The fraction of sp³-hybridized carbons (Fsp3) is 0.353. The van der Waals surface area contributed by atoms with Crippen molar-refractivity contribution in [2.45, 2.75) is 34.6 Å². The van der Waals surface area contributed by atoms with Crippen LogP contribution in [0.4, 0.5) is 10.7 Å². The lowest BCUT2D eigenvalue weighted by Gasteiger charge is -2.13. The van der Waals surface area contributed by atoms with Gasteiger partial charge in [0.25, 0.3) is 5.91 Å². The number of hydrogen-bond donors (Lipinski definition) is 3. The van der Waals surface area contributed by atoms with E-state index >= 15 is 0 Å². The Balaban J connectivity index is 1.98. The Bertz CT molecular complexity index is 752. The van der Waals surface area contributed by atoms with Crippen LogP contribution in [0.25, 0.3) is 0 Å². The number of nitrogens with zero attached hydrogens (tertiary/aromatic N) is 2. The molecule has 0 unspecified atom stereocenters. The molecule has 0 bridgehead atoms. The number of hydrogen-bond acceptors (Lipinski definition) is 6. The molecule has 0 aliphatic heterocycles. The summed E-state index contributed by atoms with van der Waals surface area (Å²) in [6, 6.07) is 4.18. The number of benzene rings is 1. The number of hydrazone groups is 1. The number of amides is 1. The topological polar surface area (TPSA) is 92.4 Å². The van der Waals surface area contributed by atoms with Crippen molar-refractivity contribution in [2.75, 3.05) is 17.6 Å². The first kappa shape index (κ1) is 17.9.